The van der Waals surface area contributed by atoms with Gasteiger partial charge >= 0.3 is 5.97 Å². The van der Waals surface area contributed by atoms with Crippen molar-refractivity contribution in [1.29, 1.82) is 0 Å². The van der Waals surface area contributed by atoms with Crippen LogP contribution in [0.2, 0.25) is 0 Å². The third-order valence-electron chi connectivity index (χ3n) is 2.78. The molecule has 0 bridgehead atoms. The molecule has 96 valence electrons. The predicted molar refractivity (Wildman–Crippen MR) is 63.8 cm³/mol. The Kier molecular flexibility index (Phi) is 2.97. The van der Waals surface area contributed by atoms with Crippen molar-refractivity contribution in [3.05, 3.63) is 35.1 Å². The van der Waals surface area contributed by atoms with Crippen LogP contribution < -0.4 is 0 Å². The second-order valence-electron chi connectivity index (χ2n) is 5.43. The van der Waals surface area contributed by atoms with Crippen molar-refractivity contribution >= 4 is 11.8 Å². The first-order valence-corrected chi connectivity index (χ1v) is 5.84. The fourth-order valence-electron chi connectivity index (χ4n) is 2.06. The van der Waals surface area contributed by atoms with Gasteiger partial charge in [-0.05, 0) is 38.8 Å². The van der Waals surface area contributed by atoms with Gasteiger partial charge in [-0.1, -0.05) is 12.1 Å². The molecule has 0 saturated carbocycles. The third-order valence-corrected chi connectivity index (χ3v) is 2.78. The number of Topliss-reactive ketones (excluding diaryl/α,β-unsaturated/α-hetero) is 1. The minimum atomic E-state index is -0.906. The lowest BCUT2D eigenvalue weighted by molar-refractivity contribution is -0.157. The van der Waals surface area contributed by atoms with Gasteiger partial charge in [0.2, 0.25) is 0 Å². The second-order valence-corrected chi connectivity index (χ2v) is 5.43. The average molecular weight is 250 g/mol. The highest BCUT2D eigenvalue weighted by Gasteiger charge is 2.39. The number of rotatable bonds is 1. The minimum Gasteiger partial charge on any atom is -0.459 e. The number of hydrogen-bond acceptors (Lipinski definition) is 3. The molecule has 0 spiro atoms. The van der Waals surface area contributed by atoms with Gasteiger partial charge in [0.05, 0.1) is 5.56 Å². The molecule has 0 N–H and O–H groups in total. The summed E-state index contributed by atoms with van der Waals surface area (Å²) < 4.78 is 18.7. The molecule has 1 atom stereocenters. The normalized spacial score (nSPS) is 18.7. The molecule has 1 aromatic rings. The van der Waals surface area contributed by atoms with Crippen molar-refractivity contribution in [1.82, 2.24) is 0 Å². The molecule has 1 unspecified atom stereocenters. The Bertz CT molecular complexity index is 514. The molecule has 1 aromatic carbocycles. The second kappa shape index (κ2) is 4.19. The zero-order valence-corrected chi connectivity index (χ0v) is 10.6. The standard InChI is InChI=1S/C14H15FO3/c1-14(2,3)18-13(17)9-7-8-5-4-6-10(15)11(8)12(9)16/h4-6,9H,7H2,1-3H3. The highest BCUT2D eigenvalue weighted by atomic mass is 19.1. The fraction of sp³-hybridized carbons (Fsp3) is 0.429. The molecule has 1 aliphatic rings. The van der Waals surface area contributed by atoms with E-state index in [2.05, 4.69) is 0 Å². The van der Waals surface area contributed by atoms with Gasteiger partial charge in [-0.15, -0.1) is 0 Å². The summed E-state index contributed by atoms with van der Waals surface area (Å²) in [5.41, 5.74) is -0.0331. The zero-order chi connectivity index (χ0) is 13.5. The molecule has 0 amide bonds. The maximum atomic E-state index is 13.5. The van der Waals surface area contributed by atoms with Crippen LogP contribution in [0.25, 0.3) is 0 Å². The lowest BCUT2D eigenvalue weighted by Crippen LogP contribution is -2.31. The van der Waals surface area contributed by atoms with E-state index in [4.69, 9.17) is 4.74 Å². The molecule has 0 saturated heterocycles. The van der Waals surface area contributed by atoms with Crippen LogP contribution in [0.15, 0.2) is 18.2 Å². The molecule has 2 rings (SSSR count). The lowest BCUT2D eigenvalue weighted by atomic mass is 10.0. The summed E-state index contributed by atoms with van der Waals surface area (Å²) in [6.07, 6.45) is 0.223. The summed E-state index contributed by atoms with van der Waals surface area (Å²) in [5, 5.41) is 0. The zero-order valence-electron chi connectivity index (χ0n) is 10.6. The van der Waals surface area contributed by atoms with Crippen LogP contribution in [0.3, 0.4) is 0 Å². The number of halogens is 1. The van der Waals surface area contributed by atoms with Crippen molar-refractivity contribution in [3.63, 3.8) is 0 Å². The van der Waals surface area contributed by atoms with Crippen molar-refractivity contribution in [2.24, 2.45) is 5.92 Å². The van der Waals surface area contributed by atoms with Gasteiger partial charge in [-0.2, -0.15) is 0 Å². The lowest BCUT2D eigenvalue weighted by Gasteiger charge is -2.21. The molecule has 0 aliphatic heterocycles. The Morgan fingerprint density at radius 1 is 1.39 bits per heavy atom. The van der Waals surface area contributed by atoms with Crippen LogP contribution in [-0.4, -0.2) is 17.4 Å². The molecule has 0 heterocycles. The molecule has 3 nitrogen and oxygen atoms in total. The predicted octanol–water partition coefficient (Wildman–Crippen LogP) is 2.52. The summed E-state index contributed by atoms with van der Waals surface area (Å²) in [6.45, 7) is 5.20. The van der Waals surface area contributed by atoms with Crippen LogP contribution >= 0.6 is 0 Å². The molecule has 0 fully saturated rings. The highest BCUT2D eigenvalue weighted by Crippen LogP contribution is 2.30. The van der Waals surface area contributed by atoms with E-state index in [1.54, 1.807) is 32.9 Å². The van der Waals surface area contributed by atoms with Gasteiger partial charge in [0, 0.05) is 0 Å². The van der Waals surface area contributed by atoms with Gasteiger partial charge in [0.1, 0.15) is 17.3 Å². The number of ether oxygens (including phenoxy) is 1. The largest absolute Gasteiger partial charge is 0.459 e. The number of benzene rings is 1. The molecule has 1 aliphatic carbocycles. The first-order valence-electron chi connectivity index (χ1n) is 5.84. The van der Waals surface area contributed by atoms with E-state index in [0.717, 1.165) is 0 Å². The van der Waals surface area contributed by atoms with E-state index in [1.807, 2.05) is 0 Å². The summed E-state index contributed by atoms with van der Waals surface area (Å²) in [4.78, 5) is 23.9. The topological polar surface area (TPSA) is 43.4 Å². The third kappa shape index (κ3) is 2.28. The molecule has 0 radical (unpaired) electrons. The number of carbonyl (C=O) groups is 2. The van der Waals surface area contributed by atoms with Crippen LogP contribution in [0.5, 0.6) is 0 Å². The van der Waals surface area contributed by atoms with Crippen molar-refractivity contribution < 1.29 is 18.7 Å². The molecule has 0 aromatic heterocycles. The summed E-state index contributed by atoms with van der Waals surface area (Å²) in [6, 6.07) is 4.44. The molecular formula is C14H15FO3. The Balaban J connectivity index is 2.25. The summed E-state index contributed by atoms with van der Waals surface area (Å²) in [5.74, 6) is -2.53. The number of fused-ring (bicyclic) bond motifs is 1. The SMILES string of the molecule is CC(C)(C)OC(=O)C1Cc2cccc(F)c2C1=O. The molecule has 18 heavy (non-hydrogen) atoms. The van der Waals surface area contributed by atoms with Gasteiger partial charge in [0.25, 0.3) is 0 Å². The number of hydrogen-bond donors (Lipinski definition) is 0. The van der Waals surface area contributed by atoms with E-state index in [1.165, 1.54) is 6.07 Å². The quantitative estimate of drug-likeness (QED) is 0.568. The van der Waals surface area contributed by atoms with Crippen LogP contribution in [0.4, 0.5) is 4.39 Å². The van der Waals surface area contributed by atoms with Crippen LogP contribution in [0.1, 0.15) is 36.7 Å². The summed E-state index contributed by atoms with van der Waals surface area (Å²) in [7, 11) is 0. The van der Waals surface area contributed by atoms with E-state index in [0.29, 0.717) is 5.56 Å². The Labute approximate surface area is 105 Å². The first-order chi connectivity index (χ1) is 8.29. The number of esters is 1. The van der Waals surface area contributed by atoms with Crippen molar-refractivity contribution in [2.75, 3.05) is 0 Å². The van der Waals surface area contributed by atoms with Gasteiger partial charge in [0.15, 0.2) is 5.78 Å². The maximum absolute atomic E-state index is 13.5. The first kappa shape index (κ1) is 12.7. The Morgan fingerprint density at radius 2 is 2.06 bits per heavy atom. The summed E-state index contributed by atoms with van der Waals surface area (Å²) >= 11 is 0. The van der Waals surface area contributed by atoms with E-state index in [-0.39, 0.29) is 12.0 Å². The van der Waals surface area contributed by atoms with Crippen LogP contribution in [-0.2, 0) is 16.0 Å². The van der Waals surface area contributed by atoms with Crippen molar-refractivity contribution in [2.45, 2.75) is 32.8 Å². The van der Waals surface area contributed by atoms with Crippen molar-refractivity contribution in [3.8, 4) is 0 Å². The monoisotopic (exact) mass is 250 g/mol. The van der Waals surface area contributed by atoms with E-state index in [9.17, 15) is 14.0 Å². The van der Waals surface area contributed by atoms with Gasteiger partial charge in [-0.3, -0.25) is 9.59 Å². The van der Waals surface area contributed by atoms with Gasteiger partial charge in [-0.25, -0.2) is 4.39 Å². The van der Waals surface area contributed by atoms with Crippen LogP contribution in [0, 0.1) is 11.7 Å². The maximum Gasteiger partial charge on any atom is 0.317 e. The van der Waals surface area contributed by atoms with E-state index >= 15 is 0 Å². The highest BCUT2D eigenvalue weighted by molar-refractivity contribution is 6.12. The van der Waals surface area contributed by atoms with E-state index < -0.39 is 29.1 Å². The average Bonchev–Trinajstić information content (AvgIpc) is 2.55. The number of ketones is 1. The molecular weight excluding hydrogens is 235 g/mol. The minimum absolute atomic E-state index is 0.0355. The van der Waals surface area contributed by atoms with Gasteiger partial charge < -0.3 is 4.74 Å². The fourth-order valence-corrected chi connectivity index (χ4v) is 2.06. The Hall–Kier alpha value is -1.71. The Morgan fingerprint density at radius 3 is 2.61 bits per heavy atom. The smallest absolute Gasteiger partial charge is 0.317 e. The number of carbonyl (C=O) groups excluding carboxylic acids is 2. The molecule has 4 heteroatoms.